The Bertz CT molecular complexity index is 831. The lowest BCUT2D eigenvalue weighted by molar-refractivity contribution is -0.133. The third kappa shape index (κ3) is 3.48. The van der Waals surface area contributed by atoms with E-state index in [1.54, 1.807) is 13.8 Å². The largest absolute Gasteiger partial charge is 0.476 e. The van der Waals surface area contributed by atoms with Crippen LogP contribution in [0.3, 0.4) is 0 Å². The van der Waals surface area contributed by atoms with Crippen LogP contribution in [0.1, 0.15) is 31.3 Å². The highest BCUT2D eigenvalue weighted by atomic mass is 32.1. The van der Waals surface area contributed by atoms with Crippen LogP contribution in [0.15, 0.2) is 18.2 Å². The predicted molar refractivity (Wildman–Crippen MR) is 96.2 cm³/mol. The molecule has 0 aliphatic carbocycles. The zero-order valence-electron chi connectivity index (χ0n) is 14.6. The Morgan fingerprint density at radius 1 is 1.36 bits per heavy atom. The Morgan fingerprint density at radius 3 is 2.80 bits per heavy atom. The van der Waals surface area contributed by atoms with Crippen molar-refractivity contribution < 1.29 is 14.3 Å². The molecule has 0 atom stereocenters. The van der Waals surface area contributed by atoms with Crippen molar-refractivity contribution in [3.05, 3.63) is 28.8 Å². The third-order valence-corrected chi connectivity index (χ3v) is 4.83. The maximum absolute atomic E-state index is 12.8. The lowest BCUT2D eigenvalue weighted by atomic mass is 10.0. The van der Waals surface area contributed by atoms with Crippen LogP contribution in [0.4, 0.5) is 10.8 Å². The number of carbonyl (C=O) groups is 2. The van der Waals surface area contributed by atoms with Gasteiger partial charge in [0, 0.05) is 0 Å². The van der Waals surface area contributed by atoms with E-state index in [0.29, 0.717) is 16.6 Å². The number of anilines is 2. The van der Waals surface area contributed by atoms with Gasteiger partial charge in [-0.2, -0.15) is 0 Å². The SMILES string of the molecule is CCc1nnc(NC(=O)CN2C(=O)C(C)(C)Oc3ccc(C)cc32)s1. The average molecular weight is 360 g/mol. The van der Waals surface area contributed by atoms with Crippen molar-refractivity contribution in [2.24, 2.45) is 0 Å². The molecular formula is C17H20N4O3S. The van der Waals surface area contributed by atoms with Gasteiger partial charge in [-0.1, -0.05) is 24.3 Å². The molecule has 1 aliphatic rings. The lowest BCUT2D eigenvalue weighted by Gasteiger charge is -2.38. The summed E-state index contributed by atoms with van der Waals surface area (Å²) in [5.74, 6) is 0.0109. The minimum atomic E-state index is -1.03. The first-order chi connectivity index (χ1) is 11.8. The van der Waals surface area contributed by atoms with Crippen molar-refractivity contribution in [1.29, 1.82) is 0 Å². The summed E-state index contributed by atoms with van der Waals surface area (Å²) in [5.41, 5.74) is 0.559. The highest BCUT2D eigenvalue weighted by molar-refractivity contribution is 7.15. The van der Waals surface area contributed by atoms with E-state index in [0.717, 1.165) is 17.0 Å². The summed E-state index contributed by atoms with van der Waals surface area (Å²) in [7, 11) is 0. The van der Waals surface area contributed by atoms with Gasteiger partial charge in [-0.15, -0.1) is 10.2 Å². The van der Waals surface area contributed by atoms with Crippen LogP contribution in [0.5, 0.6) is 5.75 Å². The number of aromatic nitrogens is 2. The fraction of sp³-hybridized carbons (Fsp3) is 0.412. The summed E-state index contributed by atoms with van der Waals surface area (Å²) in [5, 5.41) is 11.9. The smallest absolute Gasteiger partial charge is 0.271 e. The zero-order chi connectivity index (χ0) is 18.2. The Hall–Kier alpha value is -2.48. The second-order valence-electron chi connectivity index (χ2n) is 6.38. The normalized spacial score (nSPS) is 15.5. The number of rotatable bonds is 4. The minimum Gasteiger partial charge on any atom is -0.476 e. The predicted octanol–water partition coefficient (Wildman–Crippen LogP) is 2.55. The van der Waals surface area contributed by atoms with E-state index >= 15 is 0 Å². The monoisotopic (exact) mass is 360 g/mol. The first-order valence-electron chi connectivity index (χ1n) is 8.04. The van der Waals surface area contributed by atoms with Gasteiger partial charge in [-0.05, 0) is 44.9 Å². The molecule has 1 N–H and O–H groups in total. The number of nitrogens with zero attached hydrogens (tertiary/aromatic N) is 3. The Balaban J connectivity index is 1.83. The van der Waals surface area contributed by atoms with Crippen LogP contribution < -0.4 is 15.0 Å². The molecule has 0 fully saturated rings. The molecule has 8 heteroatoms. The maximum atomic E-state index is 12.8. The summed E-state index contributed by atoms with van der Waals surface area (Å²) in [6.45, 7) is 7.18. The molecule has 25 heavy (non-hydrogen) atoms. The molecule has 2 amide bonds. The quantitative estimate of drug-likeness (QED) is 0.906. The van der Waals surface area contributed by atoms with E-state index in [1.165, 1.54) is 16.2 Å². The highest BCUT2D eigenvalue weighted by Crippen LogP contribution is 2.38. The third-order valence-electron chi connectivity index (χ3n) is 3.85. The van der Waals surface area contributed by atoms with Crippen molar-refractivity contribution in [2.75, 3.05) is 16.8 Å². The van der Waals surface area contributed by atoms with Gasteiger partial charge < -0.3 is 4.74 Å². The molecule has 1 aliphatic heterocycles. The molecule has 0 unspecified atom stereocenters. The van der Waals surface area contributed by atoms with Crippen LogP contribution in [0.2, 0.25) is 0 Å². The van der Waals surface area contributed by atoms with Crippen LogP contribution >= 0.6 is 11.3 Å². The van der Waals surface area contributed by atoms with Gasteiger partial charge in [0.1, 0.15) is 17.3 Å². The molecular weight excluding hydrogens is 340 g/mol. The van der Waals surface area contributed by atoms with E-state index in [9.17, 15) is 9.59 Å². The Morgan fingerprint density at radius 2 is 2.12 bits per heavy atom. The van der Waals surface area contributed by atoms with E-state index in [-0.39, 0.29) is 18.4 Å². The number of hydrogen-bond donors (Lipinski definition) is 1. The van der Waals surface area contributed by atoms with Gasteiger partial charge in [0.15, 0.2) is 5.60 Å². The molecule has 7 nitrogen and oxygen atoms in total. The number of fused-ring (bicyclic) bond motifs is 1. The Labute approximate surface area is 150 Å². The number of nitrogens with one attached hydrogen (secondary N) is 1. The maximum Gasteiger partial charge on any atom is 0.271 e. The van der Waals surface area contributed by atoms with Gasteiger partial charge in [0.05, 0.1) is 5.69 Å². The highest BCUT2D eigenvalue weighted by Gasteiger charge is 2.41. The van der Waals surface area contributed by atoms with Crippen molar-refractivity contribution in [2.45, 2.75) is 39.7 Å². The molecule has 3 rings (SSSR count). The molecule has 0 saturated heterocycles. The van der Waals surface area contributed by atoms with E-state index < -0.39 is 5.60 Å². The average Bonchev–Trinajstić information content (AvgIpc) is 3.00. The summed E-state index contributed by atoms with van der Waals surface area (Å²) in [6.07, 6.45) is 0.760. The molecule has 2 heterocycles. The molecule has 1 aromatic heterocycles. The second-order valence-corrected chi connectivity index (χ2v) is 7.44. The van der Waals surface area contributed by atoms with Crippen LogP contribution in [0, 0.1) is 6.92 Å². The molecule has 0 saturated carbocycles. The minimum absolute atomic E-state index is 0.108. The number of hydrogen-bond acceptors (Lipinski definition) is 6. The van der Waals surface area contributed by atoms with Crippen molar-refractivity contribution in [1.82, 2.24) is 10.2 Å². The standard InChI is InChI=1S/C17H20N4O3S/c1-5-14-19-20-16(25-14)18-13(22)9-21-11-8-10(2)6-7-12(11)24-17(3,4)15(21)23/h6-8H,5,9H2,1-4H3,(H,18,20,22). The van der Waals surface area contributed by atoms with Crippen molar-refractivity contribution >= 4 is 34.0 Å². The molecule has 132 valence electrons. The molecule has 0 bridgehead atoms. The molecule has 0 spiro atoms. The number of carbonyl (C=O) groups excluding carboxylic acids is 2. The van der Waals surface area contributed by atoms with Gasteiger partial charge in [-0.3, -0.25) is 19.8 Å². The first kappa shape index (κ1) is 17.3. The summed E-state index contributed by atoms with van der Waals surface area (Å²) in [4.78, 5) is 26.6. The fourth-order valence-electron chi connectivity index (χ4n) is 2.58. The number of aryl methyl sites for hydroxylation is 2. The van der Waals surface area contributed by atoms with Crippen LogP contribution in [0.25, 0.3) is 0 Å². The number of ether oxygens (including phenoxy) is 1. The van der Waals surface area contributed by atoms with Crippen molar-refractivity contribution in [3.63, 3.8) is 0 Å². The molecule has 0 radical (unpaired) electrons. The summed E-state index contributed by atoms with van der Waals surface area (Å²) >= 11 is 1.33. The second kappa shape index (κ2) is 6.44. The lowest BCUT2D eigenvalue weighted by Crippen LogP contribution is -2.54. The molecule has 1 aromatic carbocycles. The van der Waals surface area contributed by atoms with E-state index in [1.807, 2.05) is 32.0 Å². The van der Waals surface area contributed by atoms with Crippen LogP contribution in [-0.2, 0) is 16.0 Å². The first-order valence-corrected chi connectivity index (χ1v) is 8.85. The van der Waals surface area contributed by atoms with E-state index in [4.69, 9.17) is 4.74 Å². The van der Waals surface area contributed by atoms with E-state index in [2.05, 4.69) is 15.5 Å². The number of benzene rings is 1. The van der Waals surface area contributed by atoms with Gasteiger partial charge in [0.25, 0.3) is 5.91 Å². The fourth-order valence-corrected chi connectivity index (χ4v) is 3.28. The van der Waals surface area contributed by atoms with Crippen molar-refractivity contribution in [3.8, 4) is 5.75 Å². The van der Waals surface area contributed by atoms with Gasteiger partial charge >= 0.3 is 0 Å². The van der Waals surface area contributed by atoms with Gasteiger partial charge in [0.2, 0.25) is 11.0 Å². The van der Waals surface area contributed by atoms with Crippen LogP contribution in [-0.4, -0.2) is 34.2 Å². The summed E-state index contributed by atoms with van der Waals surface area (Å²) in [6, 6.07) is 5.58. The Kier molecular flexibility index (Phi) is 4.47. The van der Waals surface area contributed by atoms with Gasteiger partial charge in [-0.25, -0.2) is 0 Å². The zero-order valence-corrected chi connectivity index (χ0v) is 15.4. The summed E-state index contributed by atoms with van der Waals surface area (Å²) < 4.78 is 5.79. The topological polar surface area (TPSA) is 84.4 Å². The number of amides is 2. The molecule has 2 aromatic rings.